The van der Waals surface area contributed by atoms with Crippen molar-refractivity contribution < 1.29 is 9.53 Å². The number of hydrogen-bond acceptors (Lipinski definition) is 5. The molecule has 1 amide bonds. The molecule has 0 unspecified atom stereocenters. The third kappa shape index (κ3) is 4.13. The summed E-state index contributed by atoms with van der Waals surface area (Å²) in [4.78, 5) is 12.9. The number of tetrazole rings is 1. The molecule has 0 saturated carbocycles. The highest BCUT2D eigenvalue weighted by Crippen LogP contribution is 2.11. The lowest BCUT2D eigenvalue weighted by atomic mass is 10.2. The van der Waals surface area contributed by atoms with Gasteiger partial charge < -0.3 is 10.1 Å². The summed E-state index contributed by atoms with van der Waals surface area (Å²) in [7, 11) is 1.63. The predicted molar refractivity (Wildman–Crippen MR) is 72.8 cm³/mol. The SMILES string of the molecule is COCCCNC(=O)Cn1nnc(-c2ccccc2)n1. The van der Waals surface area contributed by atoms with Crippen molar-refractivity contribution >= 4 is 5.91 Å². The van der Waals surface area contributed by atoms with Gasteiger partial charge in [-0.25, -0.2) is 0 Å². The first-order valence-electron chi connectivity index (χ1n) is 6.38. The van der Waals surface area contributed by atoms with Gasteiger partial charge in [-0.2, -0.15) is 4.80 Å². The van der Waals surface area contributed by atoms with Gasteiger partial charge in [0.25, 0.3) is 0 Å². The largest absolute Gasteiger partial charge is 0.385 e. The molecule has 1 aromatic heterocycles. The number of ether oxygens (including phenoxy) is 1. The lowest BCUT2D eigenvalue weighted by Gasteiger charge is -2.03. The summed E-state index contributed by atoms with van der Waals surface area (Å²) in [6, 6.07) is 9.51. The zero-order valence-electron chi connectivity index (χ0n) is 11.3. The molecule has 20 heavy (non-hydrogen) atoms. The van der Waals surface area contributed by atoms with Crippen LogP contribution < -0.4 is 5.32 Å². The Morgan fingerprint density at radius 3 is 2.90 bits per heavy atom. The second kappa shape index (κ2) is 7.34. The summed E-state index contributed by atoms with van der Waals surface area (Å²) in [5, 5.41) is 14.7. The fourth-order valence-corrected chi connectivity index (χ4v) is 1.64. The molecule has 1 heterocycles. The van der Waals surface area contributed by atoms with E-state index >= 15 is 0 Å². The van der Waals surface area contributed by atoms with Gasteiger partial charge in [-0.3, -0.25) is 4.79 Å². The summed E-state index contributed by atoms with van der Waals surface area (Å²) < 4.78 is 4.90. The molecule has 2 rings (SSSR count). The Labute approximate surface area is 116 Å². The highest BCUT2D eigenvalue weighted by molar-refractivity contribution is 5.75. The van der Waals surface area contributed by atoms with E-state index in [4.69, 9.17) is 4.74 Å². The molecule has 0 spiro atoms. The Bertz CT molecular complexity index is 541. The number of hydrogen-bond donors (Lipinski definition) is 1. The minimum atomic E-state index is -0.141. The standard InChI is InChI=1S/C13H17N5O2/c1-20-9-5-8-14-12(19)10-18-16-13(15-17-18)11-6-3-2-4-7-11/h2-4,6-7H,5,8-10H2,1H3,(H,14,19). The van der Waals surface area contributed by atoms with E-state index in [1.54, 1.807) is 7.11 Å². The molecule has 0 radical (unpaired) electrons. The molecule has 1 N–H and O–H groups in total. The molecule has 0 bridgehead atoms. The summed E-state index contributed by atoms with van der Waals surface area (Å²) >= 11 is 0. The highest BCUT2D eigenvalue weighted by Gasteiger charge is 2.08. The van der Waals surface area contributed by atoms with Gasteiger partial charge in [0.15, 0.2) is 0 Å². The van der Waals surface area contributed by atoms with Crippen LogP contribution in [0.15, 0.2) is 30.3 Å². The molecule has 2 aromatic rings. The summed E-state index contributed by atoms with van der Waals surface area (Å²) in [6.45, 7) is 1.26. The van der Waals surface area contributed by atoms with Gasteiger partial charge in [0.05, 0.1) is 0 Å². The zero-order chi connectivity index (χ0) is 14.2. The average molecular weight is 275 g/mol. The second-order valence-corrected chi connectivity index (χ2v) is 4.21. The van der Waals surface area contributed by atoms with Crippen LogP contribution in [0.3, 0.4) is 0 Å². The van der Waals surface area contributed by atoms with Crippen LogP contribution in [-0.4, -0.2) is 46.4 Å². The molecule has 0 aliphatic carbocycles. The van der Waals surface area contributed by atoms with Gasteiger partial charge in [-0.15, -0.1) is 10.2 Å². The van der Waals surface area contributed by atoms with Gasteiger partial charge in [0, 0.05) is 25.8 Å². The normalized spacial score (nSPS) is 10.4. The van der Waals surface area contributed by atoms with Gasteiger partial charge in [0.2, 0.25) is 11.7 Å². The molecule has 0 aliphatic rings. The number of nitrogens with one attached hydrogen (secondary N) is 1. The molecule has 0 atom stereocenters. The van der Waals surface area contributed by atoms with E-state index in [0.717, 1.165) is 12.0 Å². The van der Waals surface area contributed by atoms with Crippen molar-refractivity contribution in [2.45, 2.75) is 13.0 Å². The Morgan fingerprint density at radius 1 is 1.35 bits per heavy atom. The Kier molecular flexibility index (Phi) is 5.19. The summed E-state index contributed by atoms with van der Waals surface area (Å²) in [5.41, 5.74) is 0.874. The topological polar surface area (TPSA) is 81.9 Å². The maximum Gasteiger partial charge on any atom is 0.243 e. The van der Waals surface area contributed by atoms with E-state index < -0.39 is 0 Å². The number of benzene rings is 1. The van der Waals surface area contributed by atoms with Crippen molar-refractivity contribution in [1.82, 2.24) is 25.5 Å². The fourth-order valence-electron chi connectivity index (χ4n) is 1.64. The summed E-state index contributed by atoms with van der Waals surface area (Å²) in [5.74, 6) is 0.371. The Morgan fingerprint density at radius 2 is 2.15 bits per heavy atom. The number of aromatic nitrogens is 4. The van der Waals surface area contributed by atoms with Gasteiger partial charge >= 0.3 is 0 Å². The van der Waals surface area contributed by atoms with Crippen molar-refractivity contribution in [3.63, 3.8) is 0 Å². The van der Waals surface area contributed by atoms with Crippen molar-refractivity contribution in [1.29, 1.82) is 0 Å². The zero-order valence-corrected chi connectivity index (χ0v) is 11.3. The summed E-state index contributed by atoms with van der Waals surface area (Å²) in [6.07, 6.45) is 0.780. The maximum absolute atomic E-state index is 11.6. The molecule has 0 fully saturated rings. The molecule has 0 saturated heterocycles. The van der Waals surface area contributed by atoms with Crippen molar-refractivity contribution in [2.24, 2.45) is 0 Å². The average Bonchev–Trinajstić information content (AvgIpc) is 2.93. The molecular weight excluding hydrogens is 258 g/mol. The minimum absolute atomic E-state index is 0.0623. The van der Waals surface area contributed by atoms with Crippen LogP contribution in [0.5, 0.6) is 0 Å². The van der Waals surface area contributed by atoms with Crippen molar-refractivity contribution in [3.05, 3.63) is 30.3 Å². The van der Waals surface area contributed by atoms with Gasteiger partial charge in [0.1, 0.15) is 6.54 Å². The van der Waals surface area contributed by atoms with Crippen LogP contribution in [0.1, 0.15) is 6.42 Å². The quantitative estimate of drug-likeness (QED) is 0.744. The number of rotatable bonds is 7. The number of methoxy groups -OCH3 is 1. The molecule has 106 valence electrons. The molecule has 1 aromatic carbocycles. The van der Waals surface area contributed by atoms with E-state index in [-0.39, 0.29) is 12.5 Å². The fraction of sp³-hybridized carbons (Fsp3) is 0.385. The maximum atomic E-state index is 11.6. The van der Waals surface area contributed by atoms with Crippen LogP contribution in [0, 0.1) is 0 Å². The molecular formula is C13H17N5O2. The number of amides is 1. The second-order valence-electron chi connectivity index (χ2n) is 4.21. The number of carbonyl (C=O) groups is 1. The van der Waals surface area contributed by atoms with Crippen molar-refractivity contribution in [2.75, 3.05) is 20.3 Å². The van der Waals surface area contributed by atoms with E-state index in [1.807, 2.05) is 30.3 Å². The first kappa shape index (κ1) is 14.1. The van der Waals surface area contributed by atoms with Gasteiger partial charge in [-0.05, 0) is 11.6 Å². The smallest absolute Gasteiger partial charge is 0.243 e. The number of nitrogens with zero attached hydrogens (tertiary/aromatic N) is 4. The third-order valence-corrected chi connectivity index (χ3v) is 2.62. The van der Waals surface area contributed by atoms with Crippen LogP contribution in [-0.2, 0) is 16.1 Å². The van der Waals surface area contributed by atoms with Gasteiger partial charge in [-0.1, -0.05) is 30.3 Å². The van der Waals surface area contributed by atoms with Crippen LogP contribution >= 0.6 is 0 Å². The lowest BCUT2D eigenvalue weighted by molar-refractivity contribution is -0.122. The molecule has 0 aliphatic heterocycles. The first-order valence-corrected chi connectivity index (χ1v) is 6.38. The van der Waals surface area contributed by atoms with E-state index in [2.05, 4.69) is 20.7 Å². The Hall–Kier alpha value is -2.28. The Balaban J connectivity index is 1.85. The third-order valence-electron chi connectivity index (χ3n) is 2.62. The van der Waals surface area contributed by atoms with E-state index in [0.29, 0.717) is 19.0 Å². The molecule has 7 heteroatoms. The molecule has 7 nitrogen and oxygen atoms in total. The minimum Gasteiger partial charge on any atom is -0.385 e. The van der Waals surface area contributed by atoms with E-state index in [9.17, 15) is 4.79 Å². The van der Waals surface area contributed by atoms with Crippen LogP contribution in [0.2, 0.25) is 0 Å². The van der Waals surface area contributed by atoms with E-state index in [1.165, 1.54) is 4.80 Å². The van der Waals surface area contributed by atoms with Crippen molar-refractivity contribution in [3.8, 4) is 11.4 Å². The number of carbonyl (C=O) groups excluding carboxylic acids is 1. The monoisotopic (exact) mass is 275 g/mol. The lowest BCUT2D eigenvalue weighted by Crippen LogP contribution is -2.29. The predicted octanol–water partition coefficient (Wildman–Crippen LogP) is 0.493. The highest BCUT2D eigenvalue weighted by atomic mass is 16.5. The first-order chi connectivity index (χ1) is 9.79. The van der Waals surface area contributed by atoms with Crippen LogP contribution in [0.4, 0.5) is 0 Å². The van der Waals surface area contributed by atoms with Crippen LogP contribution in [0.25, 0.3) is 11.4 Å².